The van der Waals surface area contributed by atoms with Crippen molar-refractivity contribution in [3.05, 3.63) is 101 Å². The van der Waals surface area contributed by atoms with E-state index in [0.717, 1.165) is 46.7 Å². The summed E-state index contributed by atoms with van der Waals surface area (Å²) in [6.45, 7) is 0. The number of aryl methyl sites for hydroxylation is 2. The number of fused-ring (bicyclic) bond motifs is 1. The van der Waals surface area contributed by atoms with E-state index in [1.54, 1.807) is 36.4 Å². The van der Waals surface area contributed by atoms with Gasteiger partial charge in [-0.1, -0.05) is 48.5 Å². The fourth-order valence-electron chi connectivity index (χ4n) is 4.02. The molecule has 2 N–H and O–H groups in total. The van der Waals surface area contributed by atoms with Crippen molar-refractivity contribution in [2.24, 2.45) is 0 Å². The molecule has 0 fully saturated rings. The topological polar surface area (TPSA) is 57.5 Å². The minimum atomic E-state index is -0.936. The minimum Gasteiger partial charge on any atom is -0.508 e. The number of phenols is 1. The van der Waals surface area contributed by atoms with E-state index in [2.05, 4.69) is 6.07 Å². The minimum absolute atomic E-state index is 0.256. The molecule has 4 heteroatoms. The van der Waals surface area contributed by atoms with Gasteiger partial charge in [-0.2, -0.15) is 0 Å². The predicted octanol–water partition coefficient (Wildman–Crippen LogP) is 6.62. The Hall–Kier alpha value is -3.66. The van der Waals surface area contributed by atoms with Gasteiger partial charge in [0.25, 0.3) is 0 Å². The van der Waals surface area contributed by atoms with Crippen molar-refractivity contribution in [2.75, 3.05) is 0 Å². The fraction of sp³-hybridized carbons (Fsp3) is 0.148. The molecule has 0 unspecified atom stereocenters. The molecule has 0 heterocycles. The summed E-state index contributed by atoms with van der Waals surface area (Å²) in [6, 6.07) is 23.0. The van der Waals surface area contributed by atoms with Gasteiger partial charge >= 0.3 is 5.97 Å². The molecule has 0 aliphatic rings. The SMILES string of the molecule is O=C(O)c1ccc(-c2ccc(F)cc2)cc1CCCCc1cccc2cc(O)ccc12. The Morgan fingerprint density at radius 2 is 1.48 bits per heavy atom. The van der Waals surface area contributed by atoms with Crippen LogP contribution in [0.25, 0.3) is 21.9 Å². The van der Waals surface area contributed by atoms with Gasteiger partial charge in [-0.3, -0.25) is 0 Å². The molecule has 0 bridgehead atoms. The van der Waals surface area contributed by atoms with Crippen molar-refractivity contribution in [3.8, 4) is 16.9 Å². The third-order valence-electron chi connectivity index (χ3n) is 5.61. The van der Waals surface area contributed by atoms with Crippen molar-refractivity contribution in [1.29, 1.82) is 0 Å². The van der Waals surface area contributed by atoms with E-state index < -0.39 is 5.97 Å². The third-order valence-corrected chi connectivity index (χ3v) is 5.61. The van der Waals surface area contributed by atoms with Crippen molar-refractivity contribution in [1.82, 2.24) is 0 Å². The number of carboxylic acids is 1. The second kappa shape index (κ2) is 9.00. The Labute approximate surface area is 180 Å². The van der Waals surface area contributed by atoms with E-state index in [-0.39, 0.29) is 11.6 Å². The van der Waals surface area contributed by atoms with Crippen LogP contribution >= 0.6 is 0 Å². The Kier molecular flexibility index (Phi) is 5.99. The summed E-state index contributed by atoms with van der Waals surface area (Å²) in [5.74, 6) is -0.976. The standard InChI is InChI=1S/C27H23FO3/c28-23-11-8-18(9-12-23)20-10-14-26(27(30)31)21(16-20)5-2-1-4-19-6-3-7-22-17-24(29)13-15-25(19)22/h3,6-17,29H,1-2,4-5H2,(H,30,31). The molecule has 0 atom stereocenters. The first-order valence-corrected chi connectivity index (χ1v) is 10.3. The van der Waals surface area contributed by atoms with Crippen LogP contribution in [0.4, 0.5) is 4.39 Å². The van der Waals surface area contributed by atoms with E-state index >= 15 is 0 Å². The highest BCUT2D eigenvalue weighted by molar-refractivity contribution is 5.90. The van der Waals surface area contributed by atoms with Crippen LogP contribution in [0.3, 0.4) is 0 Å². The molecule has 0 aliphatic heterocycles. The summed E-state index contributed by atoms with van der Waals surface area (Å²) in [4.78, 5) is 11.7. The lowest BCUT2D eigenvalue weighted by molar-refractivity contribution is 0.0695. The largest absolute Gasteiger partial charge is 0.508 e. The predicted molar refractivity (Wildman–Crippen MR) is 121 cm³/mol. The molecule has 0 radical (unpaired) electrons. The molecule has 4 rings (SSSR count). The molecule has 0 saturated heterocycles. The van der Waals surface area contributed by atoms with Crippen molar-refractivity contribution in [3.63, 3.8) is 0 Å². The smallest absolute Gasteiger partial charge is 0.335 e. The van der Waals surface area contributed by atoms with Gasteiger partial charge in [0, 0.05) is 0 Å². The van der Waals surface area contributed by atoms with E-state index in [9.17, 15) is 19.4 Å². The molecule has 4 aromatic rings. The summed E-state index contributed by atoms with van der Waals surface area (Å²) in [5.41, 5.74) is 4.06. The zero-order valence-corrected chi connectivity index (χ0v) is 17.0. The zero-order chi connectivity index (χ0) is 21.8. The van der Waals surface area contributed by atoms with Gasteiger partial charge in [0.1, 0.15) is 11.6 Å². The third kappa shape index (κ3) is 4.75. The highest BCUT2D eigenvalue weighted by Gasteiger charge is 2.12. The molecule has 3 nitrogen and oxygen atoms in total. The van der Waals surface area contributed by atoms with Gasteiger partial charge in [-0.05, 0) is 89.0 Å². The highest BCUT2D eigenvalue weighted by atomic mass is 19.1. The normalized spacial score (nSPS) is 11.0. The van der Waals surface area contributed by atoms with Crippen LogP contribution in [-0.2, 0) is 12.8 Å². The average Bonchev–Trinajstić information content (AvgIpc) is 2.76. The van der Waals surface area contributed by atoms with Gasteiger partial charge < -0.3 is 10.2 Å². The summed E-state index contributed by atoms with van der Waals surface area (Å²) < 4.78 is 13.2. The Balaban J connectivity index is 1.48. The number of carbonyl (C=O) groups is 1. The molecule has 4 aromatic carbocycles. The Morgan fingerprint density at radius 1 is 0.774 bits per heavy atom. The Bertz CT molecular complexity index is 1230. The number of phenolic OH excluding ortho intramolecular Hbond substituents is 1. The number of carboxylic acid groups (broad SMARTS) is 1. The maximum atomic E-state index is 13.2. The van der Waals surface area contributed by atoms with Crippen LogP contribution in [0.15, 0.2) is 78.9 Å². The van der Waals surface area contributed by atoms with Gasteiger partial charge in [0.15, 0.2) is 0 Å². The lowest BCUT2D eigenvalue weighted by atomic mass is 9.94. The first kappa shape index (κ1) is 20.6. The lowest BCUT2D eigenvalue weighted by Crippen LogP contribution is -2.03. The Morgan fingerprint density at radius 3 is 2.23 bits per heavy atom. The molecule has 156 valence electrons. The van der Waals surface area contributed by atoms with Gasteiger partial charge in [-0.15, -0.1) is 0 Å². The highest BCUT2D eigenvalue weighted by Crippen LogP contribution is 2.26. The number of halogens is 1. The molecule has 0 spiro atoms. The van der Waals surface area contributed by atoms with Crippen molar-refractivity contribution in [2.45, 2.75) is 25.7 Å². The summed E-state index contributed by atoms with van der Waals surface area (Å²) >= 11 is 0. The molecule has 0 aromatic heterocycles. The van der Waals surface area contributed by atoms with E-state index in [1.807, 2.05) is 24.3 Å². The number of rotatable bonds is 7. The van der Waals surface area contributed by atoms with Gasteiger partial charge in [-0.25, -0.2) is 9.18 Å². The molecule has 31 heavy (non-hydrogen) atoms. The second-order valence-corrected chi connectivity index (χ2v) is 7.71. The molecule has 0 amide bonds. The van der Waals surface area contributed by atoms with Crippen LogP contribution in [0.1, 0.15) is 34.3 Å². The van der Waals surface area contributed by atoms with Crippen LogP contribution in [0.2, 0.25) is 0 Å². The van der Waals surface area contributed by atoms with Crippen LogP contribution in [0, 0.1) is 5.82 Å². The first-order valence-electron chi connectivity index (χ1n) is 10.3. The van der Waals surface area contributed by atoms with Gasteiger partial charge in [0.05, 0.1) is 5.56 Å². The monoisotopic (exact) mass is 414 g/mol. The van der Waals surface area contributed by atoms with Crippen molar-refractivity contribution < 1.29 is 19.4 Å². The number of benzene rings is 4. The number of hydrogen-bond donors (Lipinski definition) is 2. The number of aromatic hydroxyl groups is 1. The lowest BCUT2D eigenvalue weighted by Gasteiger charge is -2.11. The molecular weight excluding hydrogens is 391 g/mol. The first-order chi connectivity index (χ1) is 15.0. The summed E-state index contributed by atoms with van der Waals surface area (Å²) in [5, 5.41) is 21.4. The number of unbranched alkanes of at least 4 members (excludes halogenated alkanes) is 1. The molecule has 0 saturated carbocycles. The number of hydrogen-bond acceptors (Lipinski definition) is 2. The quantitative estimate of drug-likeness (QED) is 0.334. The second-order valence-electron chi connectivity index (χ2n) is 7.71. The molecule has 0 aliphatic carbocycles. The van der Waals surface area contributed by atoms with E-state index in [0.29, 0.717) is 12.0 Å². The maximum Gasteiger partial charge on any atom is 0.335 e. The zero-order valence-electron chi connectivity index (χ0n) is 17.0. The summed E-state index contributed by atoms with van der Waals surface area (Å²) in [6.07, 6.45) is 3.30. The maximum absolute atomic E-state index is 13.2. The fourth-order valence-corrected chi connectivity index (χ4v) is 4.02. The van der Waals surface area contributed by atoms with E-state index in [4.69, 9.17) is 0 Å². The van der Waals surface area contributed by atoms with Crippen LogP contribution in [-0.4, -0.2) is 16.2 Å². The van der Waals surface area contributed by atoms with Crippen LogP contribution in [0.5, 0.6) is 5.75 Å². The average molecular weight is 414 g/mol. The molecular formula is C27H23FO3. The van der Waals surface area contributed by atoms with E-state index in [1.165, 1.54) is 17.7 Å². The van der Waals surface area contributed by atoms with Crippen molar-refractivity contribution >= 4 is 16.7 Å². The van der Waals surface area contributed by atoms with Gasteiger partial charge in [0.2, 0.25) is 0 Å². The number of aromatic carboxylic acids is 1. The summed E-state index contributed by atoms with van der Waals surface area (Å²) in [7, 11) is 0. The van der Waals surface area contributed by atoms with Crippen LogP contribution < -0.4 is 0 Å².